The average Bonchev–Trinajstić information content (AvgIpc) is 2.87. The van der Waals surface area contributed by atoms with Crippen molar-refractivity contribution in [3.05, 3.63) is 5.89 Å². The highest BCUT2D eigenvalue weighted by molar-refractivity contribution is 5.27. The second kappa shape index (κ2) is 5.49. The van der Waals surface area contributed by atoms with Gasteiger partial charge >= 0.3 is 6.01 Å². The van der Waals surface area contributed by atoms with Gasteiger partial charge in [0.15, 0.2) is 0 Å². The van der Waals surface area contributed by atoms with Crippen molar-refractivity contribution < 1.29 is 4.42 Å². The standard InChI is InChI=1S/C12H22N4O/c1-4-10-7-5-6-8-16(10)12-15-14-11(17-12)9(2)13-3/h9-10,13H,4-8H2,1-3H3. The molecule has 0 saturated carbocycles. The van der Waals surface area contributed by atoms with E-state index in [1.807, 2.05) is 14.0 Å². The van der Waals surface area contributed by atoms with Crippen molar-refractivity contribution in [3.63, 3.8) is 0 Å². The SMILES string of the molecule is CCC1CCCCN1c1nnc(C(C)NC)o1. The fourth-order valence-corrected chi connectivity index (χ4v) is 2.32. The van der Waals surface area contributed by atoms with Gasteiger partial charge in [0.25, 0.3) is 0 Å². The van der Waals surface area contributed by atoms with Gasteiger partial charge in [-0.3, -0.25) is 0 Å². The molecule has 1 aliphatic rings. The van der Waals surface area contributed by atoms with Crippen molar-refractivity contribution in [1.29, 1.82) is 0 Å². The van der Waals surface area contributed by atoms with E-state index in [1.54, 1.807) is 0 Å². The summed E-state index contributed by atoms with van der Waals surface area (Å²) in [7, 11) is 1.89. The number of hydrogen-bond acceptors (Lipinski definition) is 5. The summed E-state index contributed by atoms with van der Waals surface area (Å²) in [6.45, 7) is 5.27. The quantitative estimate of drug-likeness (QED) is 0.870. The largest absolute Gasteiger partial charge is 0.406 e. The van der Waals surface area contributed by atoms with Gasteiger partial charge in [-0.25, -0.2) is 0 Å². The van der Waals surface area contributed by atoms with Crippen LogP contribution >= 0.6 is 0 Å². The van der Waals surface area contributed by atoms with Gasteiger partial charge in [0, 0.05) is 12.6 Å². The lowest BCUT2D eigenvalue weighted by Crippen LogP contribution is -2.39. The van der Waals surface area contributed by atoms with Crippen LogP contribution in [0.1, 0.15) is 51.5 Å². The number of aromatic nitrogens is 2. The summed E-state index contributed by atoms with van der Waals surface area (Å²) in [5, 5.41) is 11.4. The Balaban J connectivity index is 2.12. The third kappa shape index (κ3) is 2.60. The number of rotatable bonds is 4. The van der Waals surface area contributed by atoms with Crippen LogP contribution in [-0.4, -0.2) is 29.8 Å². The molecular weight excluding hydrogens is 216 g/mol. The molecule has 0 bridgehead atoms. The average molecular weight is 238 g/mol. The van der Waals surface area contributed by atoms with Crippen LogP contribution < -0.4 is 10.2 Å². The first-order chi connectivity index (χ1) is 8.26. The maximum Gasteiger partial charge on any atom is 0.318 e. The summed E-state index contributed by atoms with van der Waals surface area (Å²) in [4.78, 5) is 2.27. The lowest BCUT2D eigenvalue weighted by atomic mass is 10.0. The highest BCUT2D eigenvalue weighted by atomic mass is 16.4. The summed E-state index contributed by atoms with van der Waals surface area (Å²) in [5.74, 6) is 0.669. The molecule has 2 heterocycles. The molecule has 1 aliphatic heterocycles. The Labute approximate surface area is 103 Å². The van der Waals surface area contributed by atoms with Crippen LogP contribution in [0, 0.1) is 0 Å². The van der Waals surface area contributed by atoms with Gasteiger partial charge in [-0.1, -0.05) is 12.0 Å². The third-order valence-corrected chi connectivity index (χ3v) is 3.58. The molecule has 96 valence electrons. The molecule has 2 rings (SSSR count). The van der Waals surface area contributed by atoms with Gasteiger partial charge in [-0.2, -0.15) is 0 Å². The fraction of sp³-hybridized carbons (Fsp3) is 0.833. The van der Waals surface area contributed by atoms with E-state index in [-0.39, 0.29) is 6.04 Å². The summed E-state index contributed by atoms with van der Waals surface area (Å²) in [6, 6.07) is 1.36. The number of anilines is 1. The molecule has 2 atom stereocenters. The van der Waals surface area contributed by atoms with Crippen molar-refractivity contribution in [3.8, 4) is 0 Å². The normalized spacial score (nSPS) is 22.8. The van der Waals surface area contributed by atoms with Crippen LogP contribution in [0.15, 0.2) is 4.42 Å². The predicted molar refractivity (Wildman–Crippen MR) is 67.0 cm³/mol. The minimum Gasteiger partial charge on any atom is -0.406 e. The van der Waals surface area contributed by atoms with Gasteiger partial charge in [-0.05, 0) is 39.7 Å². The Bertz CT molecular complexity index is 352. The highest BCUT2D eigenvalue weighted by Gasteiger charge is 2.25. The first kappa shape index (κ1) is 12.4. The highest BCUT2D eigenvalue weighted by Crippen LogP contribution is 2.26. The molecular formula is C12H22N4O. The summed E-state index contributed by atoms with van der Waals surface area (Å²) in [5.41, 5.74) is 0. The Morgan fingerprint density at radius 3 is 3.00 bits per heavy atom. The molecule has 1 saturated heterocycles. The van der Waals surface area contributed by atoms with E-state index in [9.17, 15) is 0 Å². The van der Waals surface area contributed by atoms with Crippen molar-refractivity contribution in [2.45, 2.75) is 51.6 Å². The molecule has 0 spiro atoms. The van der Waals surface area contributed by atoms with Crippen LogP contribution in [0.3, 0.4) is 0 Å². The van der Waals surface area contributed by atoms with E-state index < -0.39 is 0 Å². The van der Waals surface area contributed by atoms with Crippen LogP contribution in [0.25, 0.3) is 0 Å². The van der Waals surface area contributed by atoms with Crippen LogP contribution in [0.5, 0.6) is 0 Å². The van der Waals surface area contributed by atoms with E-state index in [2.05, 4.69) is 27.3 Å². The van der Waals surface area contributed by atoms with E-state index in [1.165, 1.54) is 19.3 Å². The van der Waals surface area contributed by atoms with Gasteiger partial charge in [-0.15, -0.1) is 5.10 Å². The number of nitrogens with one attached hydrogen (secondary N) is 1. The van der Waals surface area contributed by atoms with Crippen molar-refractivity contribution in [1.82, 2.24) is 15.5 Å². The molecule has 1 fully saturated rings. The van der Waals surface area contributed by atoms with Gasteiger partial charge < -0.3 is 14.6 Å². The molecule has 1 aromatic heterocycles. The maximum atomic E-state index is 5.75. The molecule has 0 amide bonds. The predicted octanol–water partition coefficient (Wildman–Crippen LogP) is 2.12. The molecule has 5 heteroatoms. The second-order valence-electron chi connectivity index (χ2n) is 4.68. The van der Waals surface area contributed by atoms with Gasteiger partial charge in [0.1, 0.15) is 0 Å². The Morgan fingerprint density at radius 2 is 2.29 bits per heavy atom. The molecule has 0 aromatic carbocycles. The Morgan fingerprint density at radius 1 is 1.47 bits per heavy atom. The number of hydrogen-bond donors (Lipinski definition) is 1. The van der Waals surface area contributed by atoms with E-state index >= 15 is 0 Å². The van der Waals surface area contributed by atoms with E-state index in [0.717, 1.165) is 13.0 Å². The Kier molecular flexibility index (Phi) is 3.99. The van der Waals surface area contributed by atoms with Crippen molar-refractivity contribution >= 4 is 6.01 Å². The molecule has 17 heavy (non-hydrogen) atoms. The van der Waals surface area contributed by atoms with Crippen LogP contribution in [0.2, 0.25) is 0 Å². The molecule has 0 radical (unpaired) electrons. The maximum absolute atomic E-state index is 5.75. The third-order valence-electron chi connectivity index (χ3n) is 3.58. The lowest BCUT2D eigenvalue weighted by molar-refractivity contribution is 0.385. The van der Waals surface area contributed by atoms with Gasteiger partial charge in [0.05, 0.1) is 6.04 Å². The molecule has 0 aliphatic carbocycles. The summed E-state index contributed by atoms with van der Waals surface area (Å²) < 4.78 is 5.75. The number of nitrogens with zero attached hydrogens (tertiary/aromatic N) is 3. The zero-order valence-electron chi connectivity index (χ0n) is 10.9. The summed E-state index contributed by atoms with van der Waals surface area (Å²) in [6.07, 6.45) is 4.90. The lowest BCUT2D eigenvalue weighted by Gasteiger charge is -2.33. The minimum absolute atomic E-state index is 0.112. The number of piperidine rings is 1. The first-order valence-electron chi connectivity index (χ1n) is 6.53. The van der Waals surface area contributed by atoms with Gasteiger partial charge in [0.2, 0.25) is 5.89 Å². The van der Waals surface area contributed by atoms with E-state index in [0.29, 0.717) is 17.9 Å². The molecule has 1 aromatic rings. The smallest absolute Gasteiger partial charge is 0.318 e. The van der Waals surface area contributed by atoms with Crippen LogP contribution in [0.4, 0.5) is 6.01 Å². The molecule has 2 unspecified atom stereocenters. The fourth-order valence-electron chi connectivity index (χ4n) is 2.32. The van der Waals surface area contributed by atoms with Crippen molar-refractivity contribution in [2.24, 2.45) is 0 Å². The van der Waals surface area contributed by atoms with Crippen molar-refractivity contribution in [2.75, 3.05) is 18.5 Å². The zero-order valence-corrected chi connectivity index (χ0v) is 10.9. The monoisotopic (exact) mass is 238 g/mol. The van der Waals surface area contributed by atoms with Crippen LogP contribution in [-0.2, 0) is 0 Å². The minimum atomic E-state index is 0.112. The topological polar surface area (TPSA) is 54.2 Å². The van der Waals surface area contributed by atoms with E-state index in [4.69, 9.17) is 4.42 Å². The molecule has 1 N–H and O–H groups in total. The zero-order chi connectivity index (χ0) is 12.3. The Hall–Kier alpha value is -1.10. The summed E-state index contributed by atoms with van der Waals surface area (Å²) >= 11 is 0. The first-order valence-corrected chi connectivity index (χ1v) is 6.53. The molecule has 5 nitrogen and oxygen atoms in total. The second-order valence-corrected chi connectivity index (χ2v) is 4.68.